The lowest BCUT2D eigenvalue weighted by Crippen LogP contribution is -2.24. The Morgan fingerprint density at radius 1 is 0.882 bits per heavy atom. The highest BCUT2D eigenvalue weighted by molar-refractivity contribution is 6.31. The van der Waals surface area contributed by atoms with Crippen molar-refractivity contribution in [3.63, 3.8) is 0 Å². The molecule has 0 spiro atoms. The van der Waals surface area contributed by atoms with Crippen LogP contribution < -0.4 is 10.6 Å². The van der Waals surface area contributed by atoms with Gasteiger partial charge in [0.25, 0.3) is 0 Å². The molecule has 4 aromatic rings. The number of halogens is 1. The molecule has 3 N–H and O–H groups in total. The number of nitrogens with one attached hydrogen (secondary N) is 2. The fraction of sp³-hybridized carbons (Fsp3) is 0.0800. The van der Waals surface area contributed by atoms with Crippen LogP contribution in [0.3, 0.4) is 0 Å². The lowest BCUT2D eigenvalue weighted by atomic mass is 10.1. The topological polar surface area (TPSA) is 118 Å². The van der Waals surface area contributed by atoms with Gasteiger partial charge in [-0.2, -0.15) is 0 Å². The minimum atomic E-state index is -1.23. The van der Waals surface area contributed by atoms with Crippen LogP contribution in [0, 0.1) is 0 Å². The smallest absolute Gasteiger partial charge is 0.337 e. The predicted octanol–water partition coefficient (Wildman–Crippen LogP) is 5.05. The summed E-state index contributed by atoms with van der Waals surface area (Å²) in [6.07, 6.45) is 0. The highest BCUT2D eigenvalue weighted by Gasteiger charge is 2.14. The molecule has 8 nitrogen and oxygen atoms in total. The highest BCUT2D eigenvalue weighted by atomic mass is 35.5. The van der Waals surface area contributed by atoms with Crippen molar-refractivity contribution >= 4 is 51.7 Å². The van der Waals surface area contributed by atoms with Gasteiger partial charge in [-0.1, -0.05) is 41.9 Å². The number of benzene rings is 3. The molecule has 0 saturated heterocycles. The van der Waals surface area contributed by atoms with E-state index in [4.69, 9.17) is 20.8 Å². The van der Waals surface area contributed by atoms with Gasteiger partial charge in [0.1, 0.15) is 24.6 Å². The number of carboxylic acid groups (broad SMARTS) is 1. The minimum absolute atomic E-state index is 0.0809. The average Bonchev–Trinajstić information content (AvgIpc) is 3.25. The molecule has 1 heterocycles. The van der Waals surface area contributed by atoms with E-state index in [9.17, 15) is 19.5 Å². The summed E-state index contributed by atoms with van der Waals surface area (Å²) in [7, 11) is 0. The largest absolute Gasteiger partial charge is 0.478 e. The van der Waals surface area contributed by atoms with Gasteiger partial charge in [0.15, 0.2) is 0 Å². The SMILES string of the molecule is O=C(COCC(=O)Nc1ccc(Cl)cc1C(=O)O)Nc1cccc(-c2cc3ccccc3o2)c1. The highest BCUT2D eigenvalue weighted by Crippen LogP contribution is 2.29. The maximum atomic E-state index is 12.2. The standard InChI is InChI=1S/C25H19ClN2O6/c26-17-8-9-20(19(12-17)25(31)32)28-24(30)14-33-13-23(29)27-18-6-3-5-15(10-18)22-11-16-4-1-2-7-21(16)34-22/h1-12H,13-14H2,(H,27,29)(H,28,30)(H,31,32). The van der Waals surface area contributed by atoms with Crippen LogP contribution in [0.15, 0.2) is 77.2 Å². The van der Waals surface area contributed by atoms with Gasteiger partial charge >= 0.3 is 5.97 Å². The summed E-state index contributed by atoms with van der Waals surface area (Å²) in [6.45, 7) is -0.803. The minimum Gasteiger partial charge on any atom is -0.478 e. The summed E-state index contributed by atoms with van der Waals surface area (Å²) in [5.41, 5.74) is 2.04. The number of ether oxygens (including phenoxy) is 1. The van der Waals surface area contributed by atoms with Gasteiger partial charge in [0.2, 0.25) is 11.8 Å². The quantitative estimate of drug-likeness (QED) is 0.326. The molecule has 0 bridgehead atoms. The normalized spacial score (nSPS) is 10.7. The van der Waals surface area contributed by atoms with Gasteiger partial charge in [-0.15, -0.1) is 0 Å². The summed E-state index contributed by atoms with van der Waals surface area (Å²) in [4.78, 5) is 35.6. The molecular weight excluding hydrogens is 460 g/mol. The lowest BCUT2D eigenvalue weighted by Gasteiger charge is -2.10. The number of hydrogen-bond donors (Lipinski definition) is 3. The molecule has 4 rings (SSSR count). The van der Waals surface area contributed by atoms with Gasteiger partial charge in [0, 0.05) is 21.7 Å². The van der Waals surface area contributed by atoms with Crippen molar-refractivity contribution in [2.24, 2.45) is 0 Å². The summed E-state index contributed by atoms with van der Waals surface area (Å²) in [5, 5.41) is 15.6. The molecule has 0 aliphatic rings. The molecule has 0 unspecified atom stereocenters. The fourth-order valence-corrected chi connectivity index (χ4v) is 3.47. The first-order valence-electron chi connectivity index (χ1n) is 10.2. The van der Waals surface area contributed by atoms with Gasteiger partial charge in [-0.05, 0) is 42.5 Å². The van der Waals surface area contributed by atoms with Crippen molar-refractivity contribution in [2.45, 2.75) is 0 Å². The lowest BCUT2D eigenvalue weighted by molar-refractivity contribution is -0.125. The molecule has 34 heavy (non-hydrogen) atoms. The third-order valence-corrected chi connectivity index (χ3v) is 5.04. The number of carbonyl (C=O) groups excluding carboxylic acids is 2. The van der Waals surface area contributed by atoms with Crippen molar-refractivity contribution in [3.8, 4) is 11.3 Å². The zero-order valence-electron chi connectivity index (χ0n) is 17.7. The first-order chi connectivity index (χ1) is 16.4. The summed E-state index contributed by atoms with van der Waals surface area (Å²) in [5.74, 6) is -1.62. The Hall–Kier alpha value is -4.14. The third kappa shape index (κ3) is 5.61. The Morgan fingerprint density at radius 3 is 2.41 bits per heavy atom. The van der Waals surface area contributed by atoms with Crippen LogP contribution in [0.5, 0.6) is 0 Å². The van der Waals surface area contributed by atoms with Crippen molar-refractivity contribution in [3.05, 3.63) is 83.4 Å². The van der Waals surface area contributed by atoms with Crippen LogP contribution in [0.1, 0.15) is 10.4 Å². The Bertz CT molecular complexity index is 1350. The molecule has 0 saturated carbocycles. The van der Waals surface area contributed by atoms with E-state index in [0.29, 0.717) is 11.4 Å². The van der Waals surface area contributed by atoms with E-state index < -0.39 is 24.4 Å². The molecule has 3 aromatic carbocycles. The van der Waals surface area contributed by atoms with Gasteiger partial charge in [-0.25, -0.2) is 4.79 Å². The second-order valence-corrected chi connectivity index (χ2v) is 7.75. The molecule has 172 valence electrons. The number of rotatable bonds is 8. The molecular formula is C25H19ClN2O6. The molecule has 0 radical (unpaired) electrons. The molecule has 9 heteroatoms. The zero-order valence-corrected chi connectivity index (χ0v) is 18.5. The first kappa shape index (κ1) is 23.0. The number of amides is 2. The van der Waals surface area contributed by atoms with Crippen LogP contribution in [0.2, 0.25) is 5.02 Å². The van der Waals surface area contributed by atoms with Gasteiger partial charge in [-0.3, -0.25) is 9.59 Å². The number of furan rings is 1. The molecule has 0 aliphatic heterocycles. The summed E-state index contributed by atoms with van der Waals surface area (Å²) < 4.78 is 11.0. The maximum Gasteiger partial charge on any atom is 0.337 e. The monoisotopic (exact) mass is 478 g/mol. The van der Waals surface area contributed by atoms with E-state index >= 15 is 0 Å². The van der Waals surface area contributed by atoms with Crippen molar-refractivity contribution in [1.82, 2.24) is 0 Å². The summed E-state index contributed by atoms with van der Waals surface area (Å²) >= 11 is 5.80. The van der Waals surface area contributed by atoms with E-state index in [1.54, 1.807) is 18.2 Å². The van der Waals surface area contributed by atoms with E-state index in [0.717, 1.165) is 16.5 Å². The fourth-order valence-electron chi connectivity index (χ4n) is 3.30. The number of hydrogen-bond acceptors (Lipinski definition) is 5. The Labute approximate surface area is 199 Å². The third-order valence-electron chi connectivity index (χ3n) is 4.81. The van der Waals surface area contributed by atoms with Crippen LogP contribution in [-0.4, -0.2) is 36.1 Å². The number of fused-ring (bicyclic) bond motifs is 1. The van der Waals surface area contributed by atoms with Crippen LogP contribution in [-0.2, 0) is 14.3 Å². The maximum absolute atomic E-state index is 12.2. The number of para-hydroxylation sites is 1. The molecule has 0 aliphatic carbocycles. The Morgan fingerprint density at radius 2 is 1.65 bits per heavy atom. The van der Waals surface area contributed by atoms with E-state index in [-0.39, 0.29) is 22.9 Å². The average molecular weight is 479 g/mol. The second kappa shape index (κ2) is 10.2. The number of carbonyl (C=O) groups is 3. The van der Waals surface area contributed by atoms with Crippen LogP contribution in [0.4, 0.5) is 11.4 Å². The first-order valence-corrected chi connectivity index (χ1v) is 10.6. The van der Waals surface area contributed by atoms with Crippen molar-refractivity contribution < 1.29 is 28.6 Å². The van der Waals surface area contributed by atoms with E-state index in [1.807, 2.05) is 36.4 Å². The van der Waals surface area contributed by atoms with Gasteiger partial charge in [0.05, 0.1) is 11.3 Å². The van der Waals surface area contributed by atoms with Crippen LogP contribution >= 0.6 is 11.6 Å². The van der Waals surface area contributed by atoms with Gasteiger partial charge < -0.3 is 24.9 Å². The number of anilines is 2. The molecule has 0 fully saturated rings. The Balaban J connectivity index is 1.30. The summed E-state index contributed by atoms with van der Waals surface area (Å²) in [6, 6.07) is 20.8. The number of carboxylic acids is 1. The second-order valence-electron chi connectivity index (χ2n) is 7.31. The zero-order chi connectivity index (χ0) is 24.1. The molecule has 0 atom stereocenters. The molecule has 1 aromatic heterocycles. The van der Waals surface area contributed by atoms with E-state index in [2.05, 4.69) is 10.6 Å². The number of aromatic carboxylic acids is 1. The predicted molar refractivity (Wildman–Crippen MR) is 128 cm³/mol. The Kier molecular flexibility index (Phi) is 6.91. The molecule has 2 amide bonds. The van der Waals surface area contributed by atoms with Crippen molar-refractivity contribution in [1.29, 1.82) is 0 Å². The van der Waals surface area contributed by atoms with Crippen molar-refractivity contribution in [2.75, 3.05) is 23.8 Å². The van der Waals surface area contributed by atoms with E-state index in [1.165, 1.54) is 18.2 Å². The van der Waals surface area contributed by atoms with Crippen LogP contribution in [0.25, 0.3) is 22.3 Å².